The van der Waals surface area contributed by atoms with Crippen molar-refractivity contribution in [2.45, 2.75) is 51.6 Å². The van der Waals surface area contributed by atoms with Crippen molar-refractivity contribution in [1.82, 2.24) is 5.32 Å². The number of hydrogen-bond acceptors (Lipinski definition) is 3. The van der Waals surface area contributed by atoms with Gasteiger partial charge in [0.25, 0.3) is 0 Å². The molecule has 0 aliphatic rings. The first kappa shape index (κ1) is 15.7. The van der Waals surface area contributed by atoms with Gasteiger partial charge in [-0.25, -0.2) is 0 Å². The van der Waals surface area contributed by atoms with Crippen molar-refractivity contribution in [2.24, 2.45) is 0 Å². The van der Waals surface area contributed by atoms with Gasteiger partial charge in [-0.15, -0.1) is 0 Å². The zero-order chi connectivity index (χ0) is 14.1. The summed E-state index contributed by atoms with van der Waals surface area (Å²) in [5, 5.41) is 3.43. The summed E-state index contributed by atoms with van der Waals surface area (Å²) in [7, 11) is 1.46. The summed E-state index contributed by atoms with van der Waals surface area (Å²) in [4.78, 5) is 12.2. The van der Waals surface area contributed by atoms with Crippen molar-refractivity contribution >= 4 is 5.97 Å². The second-order valence-electron chi connectivity index (χ2n) is 4.91. The average molecular weight is 263 g/mol. The second-order valence-corrected chi connectivity index (χ2v) is 4.91. The van der Waals surface area contributed by atoms with Crippen LogP contribution in [-0.2, 0) is 16.1 Å². The number of ether oxygens (including phenoxy) is 1. The van der Waals surface area contributed by atoms with E-state index in [9.17, 15) is 4.79 Å². The Morgan fingerprint density at radius 2 is 1.74 bits per heavy atom. The normalized spacial score (nSPS) is 11.3. The highest BCUT2D eigenvalue weighted by atomic mass is 16.5. The Kier molecular flexibility index (Phi) is 6.57. The molecule has 0 radical (unpaired) electrons. The van der Waals surface area contributed by atoms with Crippen LogP contribution in [0.15, 0.2) is 30.3 Å². The zero-order valence-corrected chi connectivity index (χ0v) is 12.2. The van der Waals surface area contributed by atoms with Crippen LogP contribution in [0.4, 0.5) is 0 Å². The molecule has 3 nitrogen and oxygen atoms in total. The van der Waals surface area contributed by atoms with Crippen molar-refractivity contribution in [2.75, 3.05) is 7.11 Å². The number of methoxy groups -OCH3 is 1. The second kappa shape index (κ2) is 7.95. The minimum Gasteiger partial charge on any atom is -0.468 e. The van der Waals surface area contributed by atoms with E-state index in [0.29, 0.717) is 6.54 Å². The topological polar surface area (TPSA) is 38.3 Å². The lowest BCUT2D eigenvalue weighted by Crippen LogP contribution is -2.52. The molecular weight excluding hydrogens is 238 g/mol. The summed E-state index contributed by atoms with van der Waals surface area (Å²) >= 11 is 0. The predicted octanol–water partition coefficient (Wildman–Crippen LogP) is 3.29. The van der Waals surface area contributed by atoms with Crippen molar-refractivity contribution in [1.29, 1.82) is 0 Å². The third-order valence-corrected chi connectivity index (χ3v) is 3.40. The van der Waals surface area contributed by atoms with E-state index in [2.05, 4.69) is 31.3 Å². The van der Waals surface area contributed by atoms with E-state index in [0.717, 1.165) is 25.7 Å². The molecule has 0 spiro atoms. The number of carbonyl (C=O) groups excluding carboxylic acids is 1. The summed E-state index contributed by atoms with van der Waals surface area (Å²) in [6.45, 7) is 4.88. The monoisotopic (exact) mass is 263 g/mol. The fourth-order valence-corrected chi connectivity index (χ4v) is 2.49. The molecule has 1 aromatic rings. The highest BCUT2D eigenvalue weighted by Crippen LogP contribution is 2.22. The van der Waals surface area contributed by atoms with E-state index in [1.165, 1.54) is 12.7 Å². The standard InChI is InChI=1S/C16H25NO2/c1-4-11-16(12-5-2,15(18)19-3)17-13-14-9-7-6-8-10-14/h6-10,17H,4-5,11-13H2,1-3H3. The van der Waals surface area contributed by atoms with E-state index >= 15 is 0 Å². The molecule has 0 atom stereocenters. The van der Waals surface area contributed by atoms with Gasteiger partial charge in [-0.2, -0.15) is 0 Å². The van der Waals surface area contributed by atoms with Gasteiger partial charge in [0.2, 0.25) is 0 Å². The molecule has 0 saturated heterocycles. The van der Waals surface area contributed by atoms with Crippen molar-refractivity contribution in [3.63, 3.8) is 0 Å². The Morgan fingerprint density at radius 3 is 2.21 bits per heavy atom. The van der Waals surface area contributed by atoms with Crippen LogP contribution in [-0.4, -0.2) is 18.6 Å². The fourth-order valence-electron chi connectivity index (χ4n) is 2.49. The van der Waals surface area contributed by atoms with Gasteiger partial charge in [0.15, 0.2) is 0 Å². The van der Waals surface area contributed by atoms with Crippen LogP contribution in [0.5, 0.6) is 0 Å². The SMILES string of the molecule is CCCC(CCC)(NCc1ccccc1)C(=O)OC. The van der Waals surface area contributed by atoms with Crippen LogP contribution in [0.25, 0.3) is 0 Å². The van der Waals surface area contributed by atoms with Crippen LogP contribution in [0, 0.1) is 0 Å². The minimum absolute atomic E-state index is 0.146. The molecule has 0 aliphatic carbocycles. The van der Waals surface area contributed by atoms with E-state index in [1.807, 2.05) is 18.2 Å². The highest BCUT2D eigenvalue weighted by Gasteiger charge is 2.37. The first-order valence-electron chi connectivity index (χ1n) is 7.06. The molecule has 1 aromatic carbocycles. The maximum Gasteiger partial charge on any atom is 0.326 e. The maximum atomic E-state index is 12.2. The number of nitrogens with one attached hydrogen (secondary N) is 1. The van der Waals surface area contributed by atoms with Gasteiger partial charge in [-0.3, -0.25) is 10.1 Å². The molecule has 0 amide bonds. The minimum atomic E-state index is -0.548. The number of rotatable bonds is 8. The summed E-state index contributed by atoms with van der Waals surface area (Å²) in [6, 6.07) is 10.1. The van der Waals surface area contributed by atoms with Crippen LogP contribution >= 0.6 is 0 Å². The third kappa shape index (κ3) is 4.35. The summed E-state index contributed by atoms with van der Waals surface area (Å²) < 4.78 is 5.01. The molecule has 0 fully saturated rings. The van der Waals surface area contributed by atoms with Gasteiger partial charge in [0, 0.05) is 6.54 Å². The van der Waals surface area contributed by atoms with Crippen molar-refractivity contribution in [3.8, 4) is 0 Å². The number of benzene rings is 1. The first-order valence-corrected chi connectivity index (χ1v) is 7.06. The fraction of sp³-hybridized carbons (Fsp3) is 0.562. The van der Waals surface area contributed by atoms with Gasteiger partial charge in [0.05, 0.1) is 7.11 Å². The number of carbonyl (C=O) groups is 1. The summed E-state index contributed by atoms with van der Waals surface area (Å²) in [5.74, 6) is -0.146. The summed E-state index contributed by atoms with van der Waals surface area (Å²) in [5.41, 5.74) is 0.636. The Labute approximate surface area is 116 Å². The molecule has 0 saturated carbocycles. The molecule has 1 rings (SSSR count). The average Bonchev–Trinajstić information content (AvgIpc) is 2.45. The van der Waals surface area contributed by atoms with E-state index < -0.39 is 5.54 Å². The molecule has 3 heteroatoms. The lowest BCUT2D eigenvalue weighted by molar-refractivity contribution is -0.149. The molecule has 0 bridgehead atoms. The smallest absolute Gasteiger partial charge is 0.326 e. The van der Waals surface area contributed by atoms with Crippen molar-refractivity contribution < 1.29 is 9.53 Å². The highest BCUT2D eigenvalue weighted by molar-refractivity contribution is 5.80. The van der Waals surface area contributed by atoms with E-state index in [4.69, 9.17) is 4.74 Å². The molecular formula is C16H25NO2. The summed E-state index contributed by atoms with van der Waals surface area (Å²) in [6.07, 6.45) is 3.52. The molecule has 0 heterocycles. The number of esters is 1. The molecule has 1 N–H and O–H groups in total. The third-order valence-electron chi connectivity index (χ3n) is 3.40. The zero-order valence-electron chi connectivity index (χ0n) is 12.2. The van der Waals surface area contributed by atoms with Gasteiger partial charge in [-0.1, -0.05) is 57.0 Å². The maximum absolute atomic E-state index is 12.2. The largest absolute Gasteiger partial charge is 0.468 e. The molecule has 0 aliphatic heterocycles. The quantitative estimate of drug-likeness (QED) is 0.731. The Hall–Kier alpha value is -1.35. The van der Waals surface area contributed by atoms with Gasteiger partial charge in [-0.05, 0) is 18.4 Å². The molecule has 19 heavy (non-hydrogen) atoms. The van der Waals surface area contributed by atoms with Crippen LogP contribution in [0.1, 0.15) is 45.1 Å². The lowest BCUT2D eigenvalue weighted by Gasteiger charge is -2.32. The Morgan fingerprint density at radius 1 is 1.16 bits per heavy atom. The van der Waals surface area contributed by atoms with Gasteiger partial charge >= 0.3 is 5.97 Å². The molecule has 0 aromatic heterocycles. The lowest BCUT2D eigenvalue weighted by atomic mass is 9.88. The molecule has 106 valence electrons. The first-order chi connectivity index (χ1) is 9.18. The van der Waals surface area contributed by atoms with Crippen LogP contribution in [0.3, 0.4) is 0 Å². The van der Waals surface area contributed by atoms with Crippen LogP contribution < -0.4 is 5.32 Å². The van der Waals surface area contributed by atoms with E-state index in [1.54, 1.807) is 0 Å². The van der Waals surface area contributed by atoms with Gasteiger partial charge in [0.1, 0.15) is 5.54 Å². The van der Waals surface area contributed by atoms with Gasteiger partial charge < -0.3 is 4.74 Å². The van der Waals surface area contributed by atoms with E-state index in [-0.39, 0.29) is 5.97 Å². The number of hydrogen-bond donors (Lipinski definition) is 1. The molecule has 0 unspecified atom stereocenters. The Balaban J connectivity index is 2.80. The van der Waals surface area contributed by atoms with Crippen molar-refractivity contribution in [3.05, 3.63) is 35.9 Å². The van der Waals surface area contributed by atoms with Crippen LogP contribution in [0.2, 0.25) is 0 Å². The predicted molar refractivity (Wildman–Crippen MR) is 77.8 cm³/mol. The Bertz CT molecular complexity index is 370.